The van der Waals surface area contributed by atoms with Gasteiger partial charge in [-0.05, 0) is 31.6 Å². The molecule has 0 bridgehead atoms. The molecule has 0 amide bonds. The number of nitrogens with zero attached hydrogens (tertiary/aromatic N) is 3. The number of non-ortho nitro benzene ring substituents is 1. The molecule has 2 rings (SSSR count). The van der Waals surface area contributed by atoms with E-state index in [4.69, 9.17) is 5.26 Å². The Hall–Kier alpha value is -2.43. The molecule has 1 atom stereocenters. The summed E-state index contributed by atoms with van der Waals surface area (Å²) in [5.74, 6) is 0. The highest BCUT2D eigenvalue weighted by atomic mass is 32.1. The van der Waals surface area contributed by atoms with E-state index in [9.17, 15) is 10.1 Å². The molecule has 1 aromatic heterocycles. The van der Waals surface area contributed by atoms with Crippen molar-refractivity contribution in [3.05, 3.63) is 56.3 Å². The lowest BCUT2D eigenvalue weighted by Crippen LogP contribution is -2.26. The molecular formula is C15H16N4O2S. The van der Waals surface area contributed by atoms with Crippen molar-refractivity contribution in [3.8, 4) is 6.07 Å². The number of nitro benzene ring substituents is 1. The summed E-state index contributed by atoms with van der Waals surface area (Å²) >= 11 is 1.67. The van der Waals surface area contributed by atoms with Crippen LogP contribution in [0.2, 0.25) is 0 Å². The third-order valence-electron chi connectivity index (χ3n) is 3.32. The summed E-state index contributed by atoms with van der Waals surface area (Å²) in [6.45, 7) is 0.611. The molecule has 0 aliphatic rings. The Balaban J connectivity index is 2.17. The molecule has 0 saturated carbocycles. The van der Waals surface area contributed by atoms with E-state index in [1.54, 1.807) is 17.4 Å². The monoisotopic (exact) mass is 316 g/mol. The fourth-order valence-corrected chi connectivity index (χ4v) is 3.04. The van der Waals surface area contributed by atoms with E-state index in [2.05, 4.69) is 16.3 Å². The molecule has 1 N–H and O–H groups in total. The Morgan fingerprint density at radius 2 is 2.23 bits per heavy atom. The number of nitro groups is 1. The van der Waals surface area contributed by atoms with E-state index < -0.39 is 4.92 Å². The molecule has 0 aliphatic heterocycles. The zero-order valence-corrected chi connectivity index (χ0v) is 13.1. The lowest BCUT2D eigenvalue weighted by Gasteiger charge is -2.24. The first-order valence-corrected chi connectivity index (χ1v) is 7.53. The molecule has 0 radical (unpaired) electrons. The molecule has 0 unspecified atom stereocenters. The summed E-state index contributed by atoms with van der Waals surface area (Å²) in [4.78, 5) is 13.6. The van der Waals surface area contributed by atoms with Crippen LogP contribution in [0.3, 0.4) is 0 Å². The fourth-order valence-electron chi connectivity index (χ4n) is 2.12. The molecule has 2 aromatic rings. The zero-order chi connectivity index (χ0) is 16.1. The predicted molar refractivity (Wildman–Crippen MR) is 87.0 cm³/mol. The lowest BCUT2D eigenvalue weighted by atomic mass is 10.1. The number of rotatable bonds is 6. The Bertz CT molecular complexity index is 692. The third kappa shape index (κ3) is 3.61. The normalized spacial score (nSPS) is 11.9. The van der Waals surface area contributed by atoms with Crippen molar-refractivity contribution in [2.75, 3.05) is 26.0 Å². The van der Waals surface area contributed by atoms with Gasteiger partial charge in [0.1, 0.15) is 6.07 Å². The van der Waals surface area contributed by atoms with Gasteiger partial charge < -0.3 is 10.2 Å². The minimum absolute atomic E-state index is 0.0792. The Kier molecular flexibility index (Phi) is 5.09. The molecule has 0 fully saturated rings. The van der Waals surface area contributed by atoms with Crippen molar-refractivity contribution in [2.24, 2.45) is 0 Å². The van der Waals surface area contributed by atoms with Crippen LogP contribution in [-0.4, -0.2) is 30.5 Å². The van der Waals surface area contributed by atoms with Crippen LogP contribution in [0, 0.1) is 21.4 Å². The molecule has 0 saturated heterocycles. The molecule has 6 nitrogen and oxygen atoms in total. The molecule has 114 valence electrons. The number of thiophene rings is 1. The molecule has 0 aliphatic carbocycles. The maximum Gasteiger partial charge on any atom is 0.270 e. The molecule has 7 heteroatoms. The van der Waals surface area contributed by atoms with Crippen LogP contribution >= 0.6 is 11.3 Å². The van der Waals surface area contributed by atoms with Crippen molar-refractivity contribution >= 4 is 22.7 Å². The smallest absolute Gasteiger partial charge is 0.270 e. The summed E-state index contributed by atoms with van der Waals surface area (Å²) in [6, 6.07) is 10.5. The summed E-state index contributed by atoms with van der Waals surface area (Å²) in [5.41, 5.74) is 0.805. The van der Waals surface area contributed by atoms with Gasteiger partial charge in [0.2, 0.25) is 0 Å². The van der Waals surface area contributed by atoms with E-state index >= 15 is 0 Å². The molecule has 1 heterocycles. The van der Waals surface area contributed by atoms with E-state index in [-0.39, 0.29) is 17.3 Å². The Morgan fingerprint density at radius 3 is 2.77 bits per heavy atom. The number of hydrogen-bond acceptors (Lipinski definition) is 6. The molecular weight excluding hydrogens is 300 g/mol. The third-order valence-corrected chi connectivity index (χ3v) is 4.29. The zero-order valence-electron chi connectivity index (χ0n) is 12.3. The number of hydrogen-bond donors (Lipinski definition) is 1. The second-order valence-electron chi connectivity index (χ2n) is 4.97. The van der Waals surface area contributed by atoms with Crippen LogP contribution in [0.25, 0.3) is 0 Å². The van der Waals surface area contributed by atoms with Gasteiger partial charge in [0.15, 0.2) is 0 Å². The first-order valence-electron chi connectivity index (χ1n) is 6.65. The van der Waals surface area contributed by atoms with Gasteiger partial charge in [0.25, 0.3) is 5.69 Å². The van der Waals surface area contributed by atoms with Crippen LogP contribution in [0.4, 0.5) is 11.4 Å². The highest BCUT2D eigenvalue weighted by molar-refractivity contribution is 7.10. The van der Waals surface area contributed by atoms with Gasteiger partial charge in [0, 0.05) is 23.6 Å². The van der Waals surface area contributed by atoms with Gasteiger partial charge in [0.05, 0.1) is 22.2 Å². The second kappa shape index (κ2) is 7.02. The first kappa shape index (κ1) is 15.9. The molecule has 22 heavy (non-hydrogen) atoms. The standard InChI is InChI=1S/C15H16N4O2S/c1-18(2)14(15-4-3-7-22-15)10-17-13-6-5-12(19(20)21)8-11(13)9-16/h3-8,14,17H,10H2,1-2H3/t14-/m0/s1. The van der Waals surface area contributed by atoms with E-state index in [1.165, 1.54) is 17.0 Å². The summed E-state index contributed by atoms with van der Waals surface area (Å²) in [6.07, 6.45) is 0. The van der Waals surface area contributed by atoms with Gasteiger partial charge in [-0.1, -0.05) is 6.07 Å². The highest BCUT2D eigenvalue weighted by Crippen LogP contribution is 2.26. The minimum atomic E-state index is -0.501. The highest BCUT2D eigenvalue weighted by Gasteiger charge is 2.16. The van der Waals surface area contributed by atoms with Crippen LogP contribution in [0.1, 0.15) is 16.5 Å². The average molecular weight is 316 g/mol. The average Bonchev–Trinajstić information content (AvgIpc) is 3.01. The van der Waals surface area contributed by atoms with Crippen LogP contribution < -0.4 is 5.32 Å². The van der Waals surface area contributed by atoms with Gasteiger partial charge in [-0.2, -0.15) is 5.26 Å². The number of nitriles is 1. The van der Waals surface area contributed by atoms with Crippen molar-refractivity contribution in [1.29, 1.82) is 5.26 Å². The maximum atomic E-state index is 10.8. The minimum Gasteiger partial charge on any atom is -0.382 e. The van der Waals surface area contributed by atoms with E-state index in [0.29, 0.717) is 12.2 Å². The number of anilines is 1. The lowest BCUT2D eigenvalue weighted by molar-refractivity contribution is -0.384. The van der Waals surface area contributed by atoms with E-state index in [0.717, 1.165) is 0 Å². The largest absolute Gasteiger partial charge is 0.382 e. The number of likely N-dealkylation sites (N-methyl/N-ethyl adjacent to an activating group) is 1. The van der Waals surface area contributed by atoms with Crippen molar-refractivity contribution < 1.29 is 4.92 Å². The Labute approximate surface area is 132 Å². The maximum absolute atomic E-state index is 10.8. The van der Waals surface area contributed by atoms with Crippen LogP contribution in [0.15, 0.2) is 35.7 Å². The molecule has 1 aromatic carbocycles. The Morgan fingerprint density at radius 1 is 1.45 bits per heavy atom. The second-order valence-corrected chi connectivity index (χ2v) is 5.95. The number of benzene rings is 1. The number of nitrogens with one attached hydrogen (secondary N) is 1. The van der Waals surface area contributed by atoms with Crippen molar-refractivity contribution in [2.45, 2.75) is 6.04 Å². The fraction of sp³-hybridized carbons (Fsp3) is 0.267. The van der Waals surface area contributed by atoms with Gasteiger partial charge >= 0.3 is 0 Å². The molecule has 0 spiro atoms. The van der Waals surface area contributed by atoms with Crippen molar-refractivity contribution in [1.82, 2.24) is 4.90 Å². The SMILES string of the molecule is CN(C)[C@@H](CNc1ccc([N+](=O)[O-])cc1C#N)c1cccs1. The summed E-state index contributed by atoms with van der Waals surface area (Å²) in [5, 5.41) is 25.2. The van der Waals surface area contributed by atoms with Gasteiger partial charge in [-0.15, -0.1) is 11.3 Å². The van der Waals surface area contributed by atoms with Gasteiger partial charge in [-0.3, -0.25) is 10.1 Å². The van der Waals surface area contributed by atoms with Crippen LogP contribution in [-0.2, 0) is 0 Å². The topological polar surface area (TPSA) is 82.2 Å². The van der Waals surface area contributed by atoms with E-state index in [1.807, 2.05) is 31.6 Å². The first-order chi connectivity index (χ1) is 10.5. The van der Waals surface area contributed by atoms with Crippen molar-refractivity contribution in [3.63, 3.8) is 0 Å². The van der Waals surface area contributed by atoms with Gasteiger partial charge in [-0.25, -0.2) is 0 Å². The van der Waals surface area contributed by atoms with Crippen LogP contribution in [0.5, 0.6) is 0 Å². The summed E-state index contributed by atoms with van der Waals surface area (Å²) < 4.78 is 0. The predicted octanol–water partition coefficient (Wildman–Crippen LogP) is 3.24. The summed E-state index contributed by atoms with van der Waals surface area (Å²) in [7, 11) is 3.99. The quantitative estimate of drug-likeness (QED) is 0.653.